The van der Waals surface area contributed by atoms with E-state index in [9.17, 15) is 13.2 Å². The molecule has 0 aliphatic heterocycles. The molecule has 0 aliphatic rings. The van der Waals surface area contributed by atoms with E-state index in [4.69, 9.17) is 5.84 Å². The molecule has 0 bridgehead atoms. The van der Waals surface area contributed by atoms with Crippen molar-refractivity contribution in [2.75, 3.05) is 0 Å². The molecule has 2 nitrogen and oxygen atoms in total. The Morgan fingerprint density at radius 1 is 1.00 bits per heavy atom. The van der Waals surface area contributed by atoms with E-state index in [1.807, 2.05) is 24.3 Å². The maximum Gasteiger partial charge on any atom is 0.416 e. The third-order valence-corrected chi connectivity index (χ3v) is 3.57. The van der Waals surface area contributed by atoms with E-state index < -0.39 is 17.8 Å². The lowest BCUT2D eigenvalue weighted by Gasteiger charge is -2.18. The fourth-order valence-corrected chi connectivity index (χ4v) is 2.53. The first-order chi connectivity index (χ1) is 9.41. The van der Waals surface area contributed by atoms with Gasteiger partial charge in [-0.1, -0.05) is 24.3 Å². The van der Waals surface area contributed by atoms with Gasteiger partial charge in [0.05, 0.1) is 11.6 Å². The van der Waals surface area contributed by atoms with Gasteiger partial charge < -0.3 is 0 Å². The highest BCUT2D eigenvalue weighted by Gasteiger charge is 2.31. The fraction of sp³-hybridized carbons (Fsp3) is 0.143. The second kappa shape index (κ2) is 6.11. The minimum atomic E-state index is -4.36. The number of hydrogen-bond acceptors (Lipinski definition) is 2. The minimum Gasteiger partial charge on any atom is -0.271 e. The van der Waals surface area contributed by atoms with E-state index >= 15 is 0 Å². The Morgan fingerprint density at radius 2 is 1.60 bits per heavy atom. The van der Waals surface area contributed by atoms with Crippen LogP contribution in [0.15, 0.2) is 48.5 Å². The molecule has 0 amide bonds. The molecule has 0 spiro atoms. The zero-order valence-electron chi connectivity index (χ0n) is 10.3. The zero-order valence-corrected chi connectivity index (χ0v) is 12.4. The second-order valence-electron chi connectivity index (χ2n) is 4.28. The van der Waals surface area contributed by atoms with Gasteiger partial charge in [0.2, 0.25) is 0 Å². The molecule has 106 valence electrons. The van der Waals surface area contributed by atoms with Crippen molar-refractivity contribution in [3.63, 3.8) is 0 Å². The lowest BCUT2D eigenvalue weighted by Crippen LogP contribution is -2.29. The Bertz CT molecular complexity index is 599. The van der Waals surface area contributed by atoms with E-state index in [0.717, 1.165) is 21.3 Å². The fourth-order valence-electron chi connectivity index (χ4n) is 1.97. The van der Waals surface area contributed by atoms with Gasteiger partial charge in [-0.25, -0.2) is 5.43 Å². The van der Waals surface area contributed by atoms with Gasteiger partial charge in [0, 0.05) is 3.57 Å². The van der Waals surface area contributed by atoms with Gasteiger partial charge in [0.1, 0.15) is 0 Å². The summed E-state index contributed by atoms with van der Waals surface area (Å²) in [5.74, 6) is 5.51. The van der Waals surface area contributed by atoms with Gasteiger partial charge in [0.25, 0.3) is 0 Å². The first-order valence-corrected chi connectivity index (χ1v) is 6.88. The SMILES string of the molecule is NNC(c1cccc(I)c1)c1cccc(C(F)(F)F)c1. The topological polar surface area (TPSA) is 38.0 Å². The van der Waals surface area contributed by atoms with Crippen LogP contribution in [0.3, 0.4) is 0 Å². The summed E-state index contributed by atoms with van der Waals surface area (Å²) in [6.45, 7) is 0. The van der Waals surface area contributed by atoms with E-state index in [-0.39, 0.29) is 0 Å². The summed E-state index contributed by atoms with van der Waals surface area (Å²) in [6.07, 6.45) is -4.36. The summed E-state index contributed by atoms with van der Waals surface area (Å²) in [7, 11) is 0. The molecule has 1 atom stereocenters. The van der Waals surface area contributed by atoms with Gasteiger partial charge in [-0.2, -0.15) is 13.2 Å². The molecule has 0 radical (unpaired) electrons. The first-order valence-electron chi connectivity index (χ1n) is 5.80. The van der Waals surface area contributed by atoms with Crippen LogP contribution in [0, 0.1) is 3.57 Å². The normalized spacial score (nSPS) is 13.2. The Morgan fingerprint density at radius 3 is 2.15 bits per heavy atom. The van der Waals surface area contributed by atoms with Crippen molar-refractivity contribution < 1.29 is 13.2 Å². The van der Waals surface area contributed by atoms with Crippen molar-refractivity contribution >= 4 is 22.6 Å². The molecule has 0 fully saturated rings. The van der Waals surface area contributed by atoms with Gasteiger partial charge >= 0.3 is 6.18 Å². The molecular formula is C14H12F3IN2. The predicted molar refractivity (Wildman–Crippen MR) is 79.8 cm³/mol. The molecule has 20 heavy (non-hydrogen) atoms. The van der Waals surface area contributed by atoms with Crippen LogP contribution < -0.4 is 11.3 Å². The summed E-state index contributed by atoms with van der Waals surface area (Å²) in [4.78, 5) is 0. The number of nitrogens with one attached hydrogen (secondary N) is 1. The molecule has 2 aromatic carbocycles. The molecule has 0 saturated heterocycles. The van der Waals surface area contributed by atoms with E-state index in [2.05, 4.69) is 28.0 Å². The van der Waals surface area contributed by atoms with Gasteiger partial charge in [-0.3, -0.25) is 5.84 Å². The lowest BCUT2D eigenvalue weighted by atomic mass is 9.97. The van der Waals surface area contributed by atoms with Crippen LogP contribution >= 0.6 is 22.6 Å². The maximum absolute atomic E-state index is 12.7. The predicted octanol–water partition coefficient (Wildman–Crippen LogP) is 3.86. The molecule has 0 aliphatic carbocycles. The van der Waals surface area contributed by atoms with Crippen molar-refractivity contribution in [2.45, 2.75) is 12.2 Å². The second-order valence-corrected chi connectivity index (χ2v) is 5.52. The highest BCUT2D eigenvalue weighted by atomic mass is 127. The van der Waals surface area contributed by atoms with Gasteiger partial charge in [-0.15, -0.1) is 0 Å². The number of halogens is 4. The summed E-state index contributed by atoms with van der Waals surface area (Å²) in [5.41, 5.74) is 3.18. The van der Waals surface area contributed by atoms with Crippen molar-refractivity contribution in [1.29, 1.82) is 0 Å². The van der Waals surface area contributed by atoms with Crippen LogP contribution in [0.1, 0.15) is 22.7 Å². The zero-order chi connectivity index (χ0) is 14.8. The summed E-state index contributed by atoms with van der Waals surface area (Å²) < 4.78 is 39.2. The number of rotatable bonds is 3. The Kier molecular flexibility index (Phi) is 4.66. The highest BCUT2D eigenvalue weighted by Crippen LogP contribution is 2.32. The smallest absolute Gasteiger partial charge is 0.271 e. The summed E-state index contributed by atoms with van der Waals surface area (Å²) in [6, 6.07) is 12.1. The van der Waals surface area contributed by atoms with Crippen LogP contribution in [0.5, 0.6) is 0 Å². The molecular weight excluding hydrogens is 380 g/mol. The molecule has 0 aromatic heterocycles. The van der Waals surface area contributed by atoms with Crippen molar-refractivity contribution in [2.24, 2.45) is 5.84 Å². The van der Waals surface area contributed by atoms with E-state index in [0.29, 0.717) is 5.56 Å². The largest absolute Gasteiger partial charge is 0.416 e. The molecule has 1 unspecified atom stereocenters. The van der Waals surface area contributed by atoms with Gasteiger partial charge in [-0.05, 0) is 58.0 Å². The summed E-state index contributed by atoms with van der Waals surface area (Å²) in [5, 5.41) is 0. The number of hydrogen-bond donors (Lipinski definition) is 2. The Hall–Kier alpha value is -1.12. The molecule has 0 saturated carbocycles. The van der Waals surface area contributed by atoms with Crippen LogP contribution in [-0.4, -0.2) is 0 Å². The molecule has 3 N–H and O–H groups in total. The molecule has 2 rings (SSSR count). The van der Waals surface area contributed by atoms with Crippen LogP contribution in [0.4, 0.5) is 13.2 Å². The lowest BCUT2D eigenvalue weighted by molar-refractivity contribution is -0.137. The highest BCUT2D eigenvalue weighted by molar-refractivity contribution is 14.1. The van der Waals surface area contributed by atoms with Gasteiger partial charge in [0.15, 0.2) is 0 Å². The number of nitrogens with two attached hydrogens (primary N) is 1. The van der Waals surface area contributed by atoms with E-state index in [1.54, 1.807) is 6.07 Å². The van der Waals surface area contributed by atoms with Crippen LogP contribution in [0.2, 0.25) is 0 Å². The first kappa shape index (κ1) is 15.3. The summed E-state index contributed by atoms with van der Waals surface area (Å²) >= 11 is 2.15. The Balaban J connectivity index is 2.42. The Labute approximate surface area is 128 Å². The number of hydrazine groups is 1. The minimum absolute atomic E-state index is 0.476. The third-order valence-electron chi connectivity index (χ3n) is 2.90. The van der Waals surface area contributed by atoms with Crippen molar-refractivity contribution in [3.05, 3.63) is 68.8 Å². The average Bonchev–Trinajstić information content (AvgIpc) is 2.39. The maximum atomic E-state index is 12.7. The monoisotopic (exact) mass is 392 g/mol. The van der Waals surface area contributed by atoms with Crippen LogP contribution in [-0.2, 0) is 6.18 Å². The van der Waals surface area contributed by atoms with Crippen molar-refractivity contribution in [1.82, 2.24) is 5.43 Å². The molecule has 0 heterocycles. The average molecular weight is 392 g/mol. The molecule has 6 heteroatoms. The standard InChI is InChI=1S/C14H12F3IN2/c15-14(16,17)11-5-1-3-9(7-11)13(20-19)10-4-2-6-12(18)8-10/h1-8,13,20H,19H2. The molecule has 2 aromatic rings. The van der Waals surface area contributed by atoms with Crippen molar-refractivity contribution in [3.8, 4) is 0 Å². The van der Waals surface area contributed by atoms with E-state index in [1.165, 1.54) is 6.07 Å². The quantitative estimate of drug-likeness (QED) is 0.473. The number of alkyl halides is 3. The third kappa shape index (κ3) is 3.50. The number of benzene rings is 2. The van der Waals surface area contributed by atoms with Crippen LogP contribution in [0.25, 0.3) is 0 Å².